The third-order valence-electron chi connectivity index (χ3n) is 3.49. The summed E-state index contributed by atoms with van der Waals surface area (Å²) in [5, 5.41) is 4.04. The summed E-state index contributed by atoms with van der Waals surface area (Å²) in [7, 11) is 0. The minimum absolute atomic E-state index is 0.297. The Labute approximate surface area is 119 Å². The van der Waals surface area contributed by atoms with Crippen LogP contribution in [0.3, 0.4) is 0 Å². The fourth-order valence-corrected chi connectivity index (χ4v) is 5.07. The van der Waals surface area contributed by atoms with Gasteiger partial charge in [-0.05, 0) is 12.8 Å². The number of likely N-dealkylation sites (tertiary alicyclic amines) is 1. The van der Waals surface area contributed by atoms with Crippen LogP contribution in [0, 0.1) is 0 Å². The average molecular weight is 288 g/mol. The van der Waals surface area contributed by atoms with E-state index in [1.165, 1.54) is 42.9 Å². The molecule has 2 rings (SSSR count). The summed E-state index contributed by atoms with van der Waals surface area (Å²) in [5.74, 6) is 4.07. The molecule has 1 amide bonds. The zero-order chi connectivity index (χ0) is 12.6. The molecule has 2 fully saturated rings. The van der Waals surface area contributed by atoms with Crippen molar-refractivity contribution in [3.05, 3.63) is 0 Å². The quantitative estimate of drug-likeness (QED) is 0.855. The number of nitrogens with one attached hydrogen (secondary N) is 1. The van der Waals surface area contributed by atoms with Gasteiger partial charge >= 0.3 is 0 Å². The van der Waals surface area contributed by atoms with Crippen LogP contribution in [0.15, 0.2) is 0 Å². The van der Waals surface area contributed by atoms with E-state index in [4.69, 9.17) is 0 Å². The van der Waals surface area contributed by atoms with Crippen LogP contribution in [0.2, 0.25) is 0 Å². The van der Waals surface area contributed by atoms with Crippen molar-refractivity contribution in [2.75, 3.05) is 43.4 Å². The van der Waals surface area contributed by atoms with Crippen LogP contribution in [-0.2, 0) is 4.79 Å². The van der Waals surface area contributed by atoms with E-state index in [0.717, 1.165) is 19.6 Å². The van der Waals surface area contributed by atoms with Crippen molar-refractivity contribution < 1.29 is 4.79 Å². The minimum Gasteiger partial charge on any atom is -0.342 e. The molecule has 0 aliphatic carbocycles. The predicted octanol–water partition coefficient (Wildman–Crippen LogP) is 1.83. The van der Waals surface area contributed by atoms with Crippen molar-refractivity contribution >= 4 is 29.4 Å². The number of thioether (sulfide) groups is 2. The molecule has 2 aliphatic rings. The van der Waals surface area contributed by atoms with Crippen LogP contribution >= 0.6 is 23.5 Å². The topological polar surface area (TPSA) is 32.3 Å². The number of carbonyl (C=O) groups excluding carboxylic acids is 1. The molecular weight excluding hydrogens is 264 g/mol. The molecule has 0 radical (unpaired) electrons. The standard InChI is InChI=1S/C13H24N2OS2/c16-13(15-5-3-1-2-4-6-15)10-14-9-12-11-17-7-8-18-12/h12,14H,1-11H2. The summed E-state index contributed by atoms with van der Waals surface area (Å²) >= 11 is 4.08. The van der Waals surface area contributed by atoms with Crippen LogP contribution in [0.4, 0.5) is 0 Å². The summed E-state index contributed by atoms with van der Waals surface area (Å²) in [6.07, 6.45) is 4.93. The molecule has 0 aromatic rings. The Bertz CT molecular complexity index is 249. The Balaban J connectivity index is 1.61. The largest absolute Gasteiger partial charge is 0.342 e. The van der Waals surface area contributed by atoms with Crippen molar-refractivity contribution in [1.29, 1.82) is 0 Å². The number of rotatable bonds is 4. The van der Waals surface area contributed by atoms with E-state index < -0.39 is 0 Å². The SMILES string of the molecule is O=C(CNCC1CSCCS1)N1CCCCCC1. The maximum atomic E-state index is 12.0. The maximum Gasteiger partial charge on any atom is 0.236 e. The number of hydrogen-bond acceptors (Lipinski definition) is 4. The first-order valence-electron chi connectivity index (χ1n) is 7.04. The van der Waals surface area contributed by atoms with Crippen molar-refractivity contribution in [2.45, 2.75) is 30.9 Å². The highest BCUT2D eigenvalue weighted by atomic mass is 32.2. The van der Waals surface area contributed by atoms with Gasteiger partial charge in [0.25, 0.3) is 0 Å². The van der Waals surface area contributed by atoms with E-state index >= 15 is 0 Å². The van der Waals surface area contributed by atoms with Crippen LogP contribution in [0.5, 0.6) is 0 Å². The molecular formula is C13H24N2OS2. The van der Waals surface area contributed by atoms with Crippen molar-refractivity contribution in [2.24, 2.45) is 0 Å². The predicted molar refractivity (Wildman–Crippen MR) is 81.5 cm³/mol. The zero-order valence-corrected chi connectivity index (χ0v) is 12.7. The lowest BCUT2D eigenvalue weighted by Gasteiger charge is -2.23. The van der Waals surface area contributed by atoms with Gasteiger partial charge in [0.2, 0.25) is 5.91 Å². The van der Waals surface area contributed by atoms with Gasteiger partial charge in [-0.3, -0.25) is 4.79 Å². The lowest BCUT2D eigenvalue weighted by molar-refractivity contribution is -0.130. The molecule has 0 saturated carbocycles. The lowest BCUT2D eigenvalue weighted by atomic mass is 10.2. The van der Waals surface area contributed by atoms with Gasteiger partial charge in [0.15, 0.2) is 0 Å². The summed E-state index contributed by atoms with van der Waals surface area (Å²) in [6, 6.07) is 0. The van der Waals surface area contributed by atoms with Gasteiger partial charge < -0.3 is 10.2 Å². The van der Waals surface area contributed by atoms with Gasteiger partial charge in [-0.25, -0.2) is 0 Å². The highest BCUT2D eigenvalue weighted by Crippen LogP contribution is 2.23. The Morgan fingerprint density at radius 3 is 2.61 bits per heavy atom. The second kappa shape index (κ2) is 8.33. The zero-order valence-electron chi connectivity index (χ0n) is 11.0. The summed E-state index contributed by atoms with van der Waals surface area (Å²) < 4.78 is 0. The molecule has 0 aromatic carbocycles. The smallest absolute Gasteiger partial charge is 0.236 e. The molecule has 5 heteroatoms. The summed E-state index contributed by atoms with van der Waals surface area (Å²) in [5.41, 5.74) is 0. The number of hydrogen-bond donors (Lipinski definition) is 1. The molecule has 2 heterocycles. The molecule has 2 aliphatic heterocycles. The molecule has 104 valence electrons. The molecule has 0 aromatic heterocycles. The van der Waals surface area contributed by atoms with E-state index in [9.17, 15) is 4.79 Å². The molecule has 3 nitrogen and oxygen atoms in total. The van der Waals surface area contributed by atoms with Crippen LogP contribution in [0.1, 0.15) is 25.7 Å². The Morgan fingerprint density at radius 1 is 1.17 bits per heavy atom. The second-order valence-corrected chi connectivity index (χ2v) is 7.55. The Morgan fingerprint density at radius 2 is 1.94 bits per heavy atom. The fraction of sp³-hybridized carbons (Fsp3) is 0.923. The third-order valence-corrected chi connectivity index (χ3v) is 6.34. The minimum atomic E-state index is 0.297. The van der Waals surface area contributed by atoms with E-state index in [1.807, 2.05) is 28.4 Å². The molecule has 0 spiro atoms. The van der Waals surface area contributed by atoms with E-state index in [-0.39, 0.29) is 0 Å². The van der Waals surface area contributed by atoms with Gasteiger partial charge in [0.1, 0.15) is 0 Å². The van der Waals surface area contributed by atoms with Crippen LogP contribution in [0.25, 0.3) is 0 Å². The van der Waals surface area contributed by atoms with Gasteiger partial charge in [-0.2, -0.15) is 23.5 Å². The maximum absolute atomic E-state index is 12.0. The van der Waals surface area contributed by atoms with Crippen molar-refractivity contribution in [3.63, 3.8) is 0 Å². The van der Waals surface area contributed by atoms with Crippen LogP contribution < -0.4 is 5.32 Å². The first-order chi connectivity index (χ1) is 8.86. The second-order valence-electron chi connectivity index (χ2n) is 4.99. The Hall–Kier alpha value is 0.130. The van der Waals surface area contributed by atoms with Gasteiger partial charge in [-0.15, -0.1) is 0 Å². The van der Waals surface area contributed by atoms with E-state index in [1.54, 1.807) is 0 Å². The average Bonchev–Trinajstić information content (AvgIpc) is 2.69. The monoisotopic (exact) mass is 288 g/mol. The molecule has 2 saturated heterocycles. The van der Waals surface area contributed by atoms with Gasteiger partial charge in [-0.1, -0.05) is 12.8 Å². The molecule has 18 heavy (non-hydrogen) atoms. The number of carbonyl (C=O) groups is 1. The molecule has 0 bridgehead atoms. The fourth-order valence-electron chi connectivity index (χ4n) is 2.43. The highest BCUT2D eigenvalue weighted by molar-refractivity contribution is 8.06. The Kier molecular flexibility index (Phi) is 6.73. The summed E-state index contributed by atoms with van der Waals surface area (Å²) in [6.45, 7) is 3.45. The number of nitrogens with zero attached hydrogens (tertiary/aromatic N) is 1. The van der Waals surface area contributed by atoms with Crippen molar-refractivity contribution in [3.8, 4) is 0 Å². The number of amides is 1. The first-order valence-corrected chi connectivity index (χ1v) is 9.24. The van der Waals surface area contributed by atoms with Gasteiger partial charge in [0, 0.05) is 42.1 Å². The highest BCUT2D eigenvalue weighted by Gasteiger charge is 2.17. The normalized spacial score (nSPS) is 25.8. The van der Waals surface area contributed by atoms with Crippen molar-refractivity contribution in [1.82, 2.24) is 10.2 Å². The third kappa shape index (κ3) is 5.02. The first kappa shape index (κ1) is 14.5. The van der Waals surface area contributed by atoms with Crippen LogP contribution in [-0.4, -0.2) is 59.5 Å². The van der Waals surface area contributed by atoms with Gasteiger partial charge in [0.05, 0.1) is 6.54 Å². The van der Waals surface area contributed by atoms with E-state index in [0.29, 0.717) is 17.7 Å². The molecule has 1 atom stereocenters. The molecule has 1 unspecified atom stereocenters. The summed E-state index contributed by atoms with van der Waals surface area (Å²) in [4.78, 5) is 14.1. The lowest BCUT2D eigenvalue weighted by Crippen LogP contribution is -2.41. The molecule has 1 N–H and O–H groups in total. The van der Waals surface area contributed by atoms with E-state index in [2.05, 4.69) is 5.32 Å².